The predicted octanol–water partition coefficient (Wildman–Crippen LogP) is 3.08. The molecule has 0 fully saturated rings. The normalized spacial score (nSPS) is 10.4. The first kappa shape index (κ1) is 13.6. The molecule has 0 unspecified atom stereocenters. The van der Waals surface area contributed by atoms with Crippen LogP contribution in [0, 0.1) is 6.92 Å². The standard InChI is InChI=1S/C16H20N2O/c1-3-17-11-14-6-8-15(9-7-14)19-12-16-13(2)5-4-10-18-16/h4-10,17H,3,11-12H2,1-2H3. The molecule has 19 heavy (non-hydrogen) atoms. The highest BCUT2D eigenvalue weighted by Gasteiger charge is 2.00. The molecule has 1 N–H and O–H groups in total. The Balaban J connectivity index is 1.91. The van der Waals surface area contributed by atoms with Gasteiger partial charge in [0.25, 0.3) is 0 Å². The van der Waals surface area contributed by atoms with Crippen LogP contribution >= 0.6 is 0 Å². The van der Waals surface area contributed by atoms with Gasteiger partial charge < -0.3 is 10.1 Å². The zero-order valence-corrected chi connectivity index (χ0v) is 11.5. The molecule has 1 heterocycles. The SMILES string of the molecule is CCNCc1ccc(OCc2ncccc2C)cc1. The Bertz CT molecular complexity index is 508. The van der Waals surface area contributed by atoms with Crippen LogP contribution in [0.15, 0.2) is 42.6 Å². The number of benzene rings is 1. The number of aryl methyl sites for hydroxylation is 1. The van der Waals surface area contributed by atoms with Gasteiger partial charge in [-0.15, -0.1) is 0 Å². The Kier molecular flexibility index (Phi) is 4.93. The highest BCUT2D eigenvalue weighted by atomic mass is 16.5. The van der Waals surface area contributed by atoms with Gasteiger partial charge in [-0.2, -0.15) is 0 Å². The number of ether oxygens (including phenoxy) is 1. The van der Waals surface area contributed by atoms with E-state index in [4.69, 9.17) is 4.74 Å². The molecule has 0 saturated carbocycles. The van der Waals surface area contributed by atoms with Gasteiger partial charge in [-0.25, -0.2) is 0 Å². The molecule has 0 spiro atoms. The van der Waals surface area contributed by atoms with Gasteiger partial charge in [0.2, 0.25) is 0 Å². The van der Waals surface area contributed by atoms with E-state index < -0.39 is 0 Å². The van der Waals surface area contributed by atoms with E-state index in [-0.39, 0.29) is 0 Å². The van der Waals surface area contributed by atoms with Crippen molar-refractivity contribution in [2.75, 3.05) is 6.54 Å². The number of hydrogen-bond acceptors (Lipinski definition) is 3. The monoisotopic (exact) mass is 256 g/mol. The van der Waals surface area contributed by atoms with Crippen LogP contribution in [0.5, 0.6) is 5.75 Å². The zero-order chi connectivity index (χ0) is 13.5. The van der Waals surface area contributed by atoms with Crippen molar-refractivity contribution >= 4 is 0 Å². The van der Waals surface area contributed by atoms with Gasteiger partial charge in [0.15, 0.2) is 0 Å². The third-order valence-corrected chi connectivity index (χ3v) is 3.00. The maximum Gasteiger partial charge on any atom is 0.130 e. The van der Waals surface area contributed by atoms with Gasteiger partial charge in [0.1, 0.15) is 12.4 Å². The average molecular weight is 256 g/mol. The van der Waals surface area contributed by atoms with Crippen LogP contribution in [0.4, 0.5) is 0 Å². The van der Waals surface area contributed by atoms with Gasteiger partial charge in [-0.3, -0.25) is 4.98 Å². The molecule has 0 amide bonds. The summed E-state index contributed by atoms with van der Waals surface area (Å²) in [7, 11) is 0. The van der Waals surface area contributed by atoms with Gasteiger partial charge in [0.05, 0.1) is 5.69 Å². The van der Waals surface area contributed by atoms with Gasteiger partial charge in [-0.1, -0.05) is 25.1 Å². The summed E-state index contributed by atoms with van der Waals surface area (Å²) in [6.07, 6.45) is 1.80. The minimum Gasteiger partial charge on any atom is -0.487 e. The molecule has 0 bridgehead atoms. The van der Waals surface area contributed by atoms with Crippen LogP contribution in [-0.4, -0.2) is 11.5 Å². The summed E-state index contributed by atoms with van der Waals surface area (Å²) in [5, 5.41) is 3.30. The molecular weight excluding hydrogens is 236 g/mol. The molecule has 100 valence electrons. The van der Waals surface area contributed by atoms with Crippen molar-refractivity contribution in [2.45, 2.75) is 27.0 Å². The Hall–Kier alpha value is -1.87. The lowest BCUT2D eigenvalue weighted by molar-refractivity contribution is 0.300. The first-order valence-corrected chi connectivity index (χ1v) is 6.62. The molecule has 0 aliphatic heterocycles. The fourth-order valence-corrected chi connectivity index (χ4v) is 1.79. The Morgan fingerprint density at radius 1 is 1.16 bits per heavy atom. The van der Waals surface area contributed by atoms with E-state index >= 15 is 0 Å². The highest BCUT2D eigenvalue weighted by Crippen LogP contribution is 2.14. The lowest BCUT2D eigenvalue weighted by Crippen LogP contribution is -2.11. The molecule has 0 aliphatic rings. The van der Waals surface area contributed by atoms with E-state index in [1.165, 1.54) is 5.56 Å². The molecular formula is C16H20N2O. The fraction of sp³-hybridized carbons (Fsp3) is 0.312. The fourth-order valence-electron chi connectivity index (χ4n) is 1.79. The van der Waals surface area contributed by atoms with Crippen LogP contribution in [0.25, 0.3) is 0 Å². The number of nitrogens with zero attached hydrogens (tertiary/aromatic N) is 1. The van der Waals surface area contributed by atoms with Crippen LogP contribution < -0.4 is 10.1 Å². The summed E-state index contributed by atoms with van der Waals surface area (Å²) in [4.78, 5) is 4.32. The quantitative estimate of drug-likeness (QED) is 0.862. The van der Waals surface area contributed by atoms with Gasteiger partial charge in [-0.05, 0) is 42.8 Å². The number of pyridine rings is 1. The molecule has 0 saturated heterocycles. The second kappa shape index (κ2) is 6.90. The lowest BCUT2D eigenvalue weighted by Gasteiger charge is -2.08. The molecule has 0 radical (unpaired) electrons. The zero-order valence-electron chi connectivity index (χ0n) is 11.5. The van der Waals surface area contributed by atoms with Crippen molar-refractivity contribution in [2.24, 2.45) is 0 Å². The number of aromatic nitrogens is 1. The van der Waals surface area contributed by atoms with Crippen LogP contribution in [0.3, 0.4) is 0 Å². The summed E-state index contributed by atoms with van der Waals surface area (Å²) < 4.78 is 5.75. The van der Waals surface area contributed by atoms with Gasteiger partial charge >= 0.3 is 0 Å². The van der Waals surface area contributed by atoms with Crippen molar-refractivity contribution in [1.29, 1.82) is 0 Å². The minimum atomic E-state index is 0.513. The van der Waals surface area contributed by atoms with E-state index in [9.17, 15) is 0 Å². The Morgan fingerprint density at radius 3 is 2.63 bits per heavy atom. The topological polar surface area (TPSA) is 34.1 Å². The predicted molar refractivity (Wildman–Crippen MR) is 77.1 cm³/mol. The summed E-state index contributed by atoms with van der Waals surface area (Å²) in [6.45, 7) is 6.55. The molecule has 1 aromatic carbocycles. The Labute approximate surface area is 114 Å². The lowest BCUT2D eigenvalue weighted by atomic mass is 10.2. The number of rotatable bonds is 6. The second-order valence-electron chi connectivity index (χ2n) is 4.48. The molecule has 0 atom stereocenters. The first-order chi connectivity index (χ1) is 9.29. The van der Waals surface area contributed by atoms with Crippen molar-refractivity contribution in [3.63, 3.8) is 0 Å². The molecule has 3 heteroatoms. The maximum absolute atomic E-state index is 5.75. The minimum absolute atomic E-state index is 0.513. The van der Waals surface area contributed by atoms with Crippen molar-refractivity contribution < 1.29 is 4.74 Å². The summed E-state index contributed by atoms with van der Waals surface area (Å²) in [5.74, 6) is 0.880. The van der Waals surface area contributed by atoms with E-state index in [2.05, 4.69) is 29.4 Å². The van der Waals surface area contributed by atoms with Gasteiger partial charge in [0, 0.05) is 12.7 Å². The molecule has 2 aromatic rings. The first-order valence-electron chi connectivity index (χ1n) is 6.62. The summed E-state index contributed by atoms with van der Waals surface area (Å²) in [5.41, 5.74) is 3.41. The number of hydrogen-bond donors (Lipinski definition) is 1. The Morgan fingerprint density at radius 2 is 1.95 bits per heavy atom. The third-order valence-electron chi connectivity index (χ3n) is 3.00. The average Bonchev–Trinajstić information content (AvgIpc) is 2.45. The van der Waals surface area contributed by atoms with Crippen LogP contribution in [-0.2, 0) is 13.2 Å². The molecule has 1 aromatic heterocycles. The van der Waals surface area contributed by atoms with Crippen molar-refractivity contribution in [3.05, 3.63) is 59.4 Å². The molecule has 3 nitrogen and oxygen atoms in total. The van der Waals surface area contributed by atoms with Crippen molar-refractivity contribution in [3.8, 4) is 5.75 Å². The molecule has 0 aliphatic carbocycles. The second-order valence-corrected chi connectivity index (χ2v) is 4.48. The van der Waals surface area contributed by atoms with E-state index in [0.29, 0.717) is 6.61 Å². The summed E-state index contributed by atoms with van der Waals surface area (Å²) >= 11 is 0. The van der Waals surface area contributed by atoms with E-state index in [0.717, 1.165) is 30.1 Å². The van der Waals surface area contributed by atoms with E-state index in [1.807, 2.05) is 31.2 Å². The number of nitrogens with one attached hydrogen (secondary N) is 1. The smallest absolute Gasteiger partial charge is 0.130 e. The summed E-state index contributed by atoms with van der Waals surface area (Å²) in [6, 6.07) is 12.2. The van der Waals surface area contributed by atoms with E-state index in [1.54, 1.807) is 6.20 Å². The van der Waals surface area contributed by atoms with Crippen molar-refractivity contribution in [1.82, 2.24) is 10.3 Å². The maximum atomic E-state index is 5.75. The third kappa shape index (κ3) is 4.07. The van der Waals surface area contributed by atoms with Crippen LogP contribution in [0.1, 0.15) is 23.7 Å². The largest absolute Gasteiger partial charge is 0.487 e. The highest BCUT2D eigenvalue weighted by molar-refractivity contribution is 5.27. The molecule has 2 rings (SSSR count). The van der Waals surface area contributed by atoms with Crippen LogP contribution in [0.2, 0.25) is 0 Å².